The fraction of sp³-hybridized carbons (Fsp3) is 0.524. The van der Waals surface area contributed by atoms with E-state index in [0.717, 1.165) is 0 Å². The van der Waals surface area contributed by atoms with Gasteiger partial charge in [0.2, 0.25) is 5.95 Å². The lowest BCUT2D eigenvalue weighted by atomic mass is 10.0. The first-order valence-corrected chi connectivity index (χ1v) is 18.3. The summed E-state index contributed by atoms with van der Waals surface area (Å²) in [7, 11) is 0. The predicted octanol–water partition coefficient (Wildman–Crippen LogP) is 0.271. The number of halogens is 1. The molecule has 7 atom stereocenters. The molecule has 0 aromatic carbocycles. The average molecular weight is 709 g/mol. The number of nitrogens with zero attached hydrogens (tertiary/aromatic N) is 7. The normalized spacial score (nSPS) is 28.7. The molecule has 0 radical (unpaired) electrons. The Bertz CT molecular complexity index is 1910. The number of nitrogens with one attached hydrogen (secondary N) is 1. The van der Waals surface area contributed by atoms with Gasteiger partial charge in [-0.1, -0.05) is 0 Å². The number of ether oxygens (including phenoxy) is 2. The summed E-state index contributed by atoms with van der Waals surface area (Å²) in [6.07, 6.45) is -1.65. The summed E-state index contributed by atoms with van der Waals surface area (Å²) >= 11 is 9.83. The smallest absolute Gasteiger partial charge is 0.324 e. The molecule has 4 aromatic rings. The quantitative estimate of drug-likeness (QED) is 0.121. The van der Waals surface area contributed by atoms with Gasteiger partial charge in [-0.3, -0.25) is 18.9 Å². The number of anilines is 2. The molecule has 45 heavy (non-hydrogen) atoms. The number of nitrogens with two attached hydrogens (primary N) is 2. The molecule has 2 aliphatic rings. The Morgan fingerprint density at radius 2 is 1.80 bits per heavy atom. The van der Waals surface area contributed by atoms with Gasteiger partial charge in [0.25, 0.3) is 5.56 Å². The minimum absolute atomic E-state index is 0.00343. The number of aromatic nitrogens is 8. The molecule has 4 aromatic heterocycles. The van der Waals surface area contributed by atoms with E-state index in [9.17, 15) is 19.5 Å². The highest BCUT2D eigenvalue weighted by molar-refractivity contribution is 8.07. The fourth-order valence-corrected chi connectivity index (χ4v) is 7.24. The number of rotatable bonds is 10. The Morgan fingerprint density at radius 3 is 2.53 bits per heavy atom. The van der Waals surface area contributed by atoms with Crippen molar-refractivity contribution in [1.82, 2.24) is 39.0 Å². The minimum atomic E-state index is -4.11. The molecule has 2 fully saturated rings. The molecular weight excluding hydrogens is 681 g/mol. The van der Waals surface area contributed by atoms with Crippen LogP contribution in [0.5, 0.6) is 0 Å². The molecule has 19 nitrogen and oxygen atoms in total. The van der Waals surface area contributed by atoms with Crippen molar-refractivity contribution in [3.05, 3.63) is 29.3 Å². The summed E-state index contributed by atoms with van der Waals surface area (Å²) in [4.78, 5) is 65.2. The topological polar surface area (TPSA) is 266 Å². The minimum Gasteiger partial charge on any atom is -0.382 e. The van der Waals surface area contributed by atoms with Gasteiger partial charge in [0.15, 0.2) is 22.6 Å². The third kappa shape index (κ3) is 6.64. The predicted molar refractivity (Wildman–Crippen MR) is 161 cm³/mol. The van der Waals surface area contributed by atoms with Gasteiger partial charge in [-0.15, -0.1) is 0 Å². The van der Waals surface area contributed by atoms with Crippen LogP contribution in [0.2, 0.25) is 0 Å². The lowest BCUT2D eigenvalue weighted by Crippen LogP contribution is -2.41. The van der Waals surface area contributed by atoms with Crippen molar-refractivity contribution >= 4 is 71.1 Å². The Morgan fingerprint density at radius 1 is 1.09 bits per heavy atom. The Labute approximate surface area is 262 Å². The number of H-pyrrole nitrogens is 1. The number of hydrogen-bond acceptors (Lipinski definition) is 15. The zero-order valence-electron chi connectivity index (χ0n) is 23.1. The largest absolute Gasteiger partial charge is 0.382 e. The van der Waals surface area contributed by atoms with E-state index in [-0.39, 0.29) is 35.8 Å². The molecule has 0 spiro atoms. The van der Waals surface area contributed by atoms with Crippen LogP contribution in [0.1, 0.15) is 32.2 Å². The van der Waals surface area contributed by atoms with E-state index >= 15 is 4.39 Å². The molecule has 6 rings (SSSR count). The van der Waals surface area contributed by atoms with Crippen LogP contribution in [0, 0.1) is 0 Å². The highest BCUT2D eigenvalue weighted by atomic mass is 32.5. The second-order valence-corrected chi connectivity index (χ2v) is 15.9. The molecule has 24 heteroatoms. The number of imidazole rings is 2. The van der Waals surface area contributed by atoms with Gasteiger partial charge >= 0.3 is 13.4 Å². The van der Waals surface area contributed by atoms with Crippen LogP contribution < -0.4 is 17.0 Å². The van der Waals surface area contributed by atoms with Crippen molar-refractivity contribution < 1.29 is 42.1 Å². The Hall–Kier alpha value is -2.59. The van der Waals surface area contributed by atoms with E-state index in [2.05, 4.69) is 41.7 Å². The van der Waals surface area contributed by atoms with Gasteiger partial charge in [-0.05, 0) is 30.5 Å². The van der Waals surface area contributed by atoms with Crippen LogP contribution in [0.3, 0.4) is 0 Å². The summed E-state index contributed by atoms with van der Waals surface area (Å²) in [6.45, 7) is -7.64. The van der Waals surface area contributed by atoms with E-state index in [1.807, 2.05) is 0 Å². The van der Waals surface area contributed by atoms with E-state index in [0.29, 0.717) is 11.2 Å². The summed E-state index contributed by atoms with van der Waals surface area (Å²) in [5, 5.41) is 0. The average Bonchev–Trinajstić information content (AvgIpc) is 3.71. The monoisotopic (exact) mass is 708 g/mol. The van der Waals surface area contributed by atoms with Gasteiger partial charge < -0.3 is 49.2 Å². The Balaban J connectivity index is 1.16. The lowest BCUT2D eigenvalue weighted by Gasteiger charge is -2.32. The van der Waals surface area contributed by atoms with Crippen molar-refractivity contribution in [1.29, 1.82) is 0 Å². The molecule has 6 heterocycles. The molecule has 2 saturated heterocycles. The second kappa shape index (κ2) is 11.9. The summed E-state index contributed by atoms with van der Waals surface area (Å²) in [5.74, 6) is 0.00317. The number of aromatic amines is 1. The Kier molecular flexibility index (Phi) is 8.55. The molecule has 0 bridgehead atoms. The maximum atomic E-state index is 15.1. The highest BCUT2D eigenvalue weighted by Gasteiger charge is 2.50. The van der Waals surface area contributed by atoms with Crippen molar-refractivity contribution in [3.8, 4) is 0 Å². The highest BCUT2D eigenvalue weighted by Crippen LogP contribution is 2.53. The lowest BCUT2D eigenvalue weighted by molar-refractivity contribution is -0.109. The van der Waals surface area contributed by atoms with Crippen LogP contribution in [-0.4, -0.2) is 90.9 Å². The van der Waals surface area contributed by atoms with Gasteiger partial charge in [-0.25, -0.2) is 24.3 Å². The van der Waals surface area contributed by atoms with E-state index < -0.39 is 68.6 Å². The second-order valence-electron chi connectivity index (χ2n) is 10.5. The molecule has 0 saturated carbocycles. The van der Waals surface area contributed by atoms with Gasteiger partial charge in [0.05, 0.1) is 25.9 Å². The van der Waals surface area contributed by atoms with Crippen LogP contribution in [-0.2, 0) is 46.7 Å². The zero-order chi connectivity index (χ0) is 32.3. The third-order valence-electron chi connectivity index (χ3n) is 7.30. The van der Waals surface area contributed by atoms with E-state index in [1.54, 1.807) is 4.57 Å². The molecular formula is C21H27FN10O9P2S2. The first-order valence-electron chi connectivity index (χ1n) is 13.1. The number of fused-ring (bicyclic) bond motifs is 2. The maximum absolute atomic E-state index is 15.1. The van der Waals surface area contributed by atoms with E-state index in [4.69, 9.17) is 46.3 Å². The SMILES string of the molecule is C[C@]1(COP(O)(O)=S)O[C@@H](n2cnc3c(N)ncnc32)C[C@@H]1OP(O)(=S)OC[C@H]1O[C@@H](n2cnc3c(=O)[nH]c(N)nc32)C[C@H]1F. The summed E-state index contributed by atoms with van der Waals surface area (Å²) in [6, 6.07) is 0. The maximum Gasteiger partial charge on any atom is 0.324 e. The molecule has 0 amide bonds. The van der Waals surface area contributed by atoms with Crippen LogP contribution in [0.25, 0.3) is 22.3 Å². The molecule has 1 unspecified atom stereocenters. The zero-order valence-corrected chi connectivity index (χ0v) is 26.5. The molecule has 8 N–H and O–H groups in total. The number of alkyl halides is 1. The van der Waals surface area contributed by atoms with Gasteiger partial charge in [-0.2, -0.15) is 4.98 Å². The van der Waals surface area contributed by atoms with Crippen molar-refractivity contribution in [2.24, 2.45) is 0 Å². The first kappa shape index (κ1) is 32.4. The van der Waals surface area contributed by atoms with E-state index in [1.165, 1.54) is 30.5 Å². The van der Waals surface area contributed by atoms with Crippen LogP contribution >= 0.6 is 13.4 Å². The summed E-state index contributed by atoms with van der Waals surface area (Å²) in [5.41, 5.74) is 10.3. The van der Waals surface area contributed by atoms with Gasteiger partial charge in [0, 0.05) is 12.8 Å². The standard InChI is InChI=1S/C21H27FN10O9P2S2/c1-21(5-38-42(34,35)44)11(3-13(40-21)32-7-27-14-16(23)25-6-26-17(14)32)41-43(36,45)37-4-10-9(22)2-12(39-10)31-8-28-15-18(31)29-20(24)30-19(15)33/h6-13H,2-5H2,1H3,(H,36,45)(H2,23,25,26)(H2,34,35,44)(H3,24,29,30,33)/t9-,10-,11+,12-,13-,21-,43?/m1/s1. The third-order valence-corrected chi connectivity index (χ3v) is 9.66. The molecule has 244 valence electrons. The fourth-order valence-electron chi connectivity index (χ4n) is 5.13. The number of hydrogen-bond donors (Lipinski definition) is 6. The van der Waals surface area contributed by atoms with Gasteiger partial charge in [0.1, 0.15) is 48.3 Å². The number of nitrogen functional groups attached to an aromatic ring is 2. The first-order chi connectivity index (χ1) is 21.1. The van der Waals surface area contributed by atoms with Crippen LogP contribution in [0.4, 0.5) is 16.2 Å². The van der Waals surface area contributed by atoms with Crippen LogP contribution in [0.15, 0.2) is 23.8 Å². The summed E-state index contributed by atoms with van der Waals surface area (Å²) < 4.78 is 46.4. The van der Waals surface area contributed by atoms with Crippen molar-refractivity contribution in [3.63, 3.8) is 0 Å². The molecule has 2 aliphatic heterocycles. The molecule has 0 aliphatic carbocycles. The van der Waals surface area contributed by atoms with Crippen molar-refractivity contribution in [2.45, 2.75) is 56.2 Å². The van der Waals surface area contributed by atoms with Crippen molar-refractivity contribution in [2.75, 3.05) is 24.7 Å².